The molecular formula is C18H22N2O2. The van der Waals surface area contributed by atoms with Crippen LogP contribution in [0.1, 0.15) is 42.3 Å². The number of fused-ring (bicyclic) bond motifs is 1. The fourth-order valence-electron chi connectivity index (χ4n) is 3.05. The van der Waals surface area contributed by atoms with Crippen molar-refractivity contribution in [1.82, 2.24) is 10.5 Å². The SMILES string of the molecule is CCCc1cc(CNC(=O)C2CCc3ccccc3C2)on1. The minimum atomic E-state index is 0.0629. The number of carbonyl (C=O) groups is 1. The van der Waals surface area contributed by atoms with Crippen molar-refractivity contribution in [3.8, 4) is 0 Å². The van der Waals surface area contributed by atoms with Crippen molar-refractivity contribution < 1.29 is 9.32 Å². The molecule has 0 spiro atoms. The predicted octanol–water partition coefficient (Wildman–Crippen LogP) is 3.05. The van der Waals surface area contributed by atoms with Crippen molar-refractivity contribution >= 4 is 5.91 Å². The number of nitrogens with one attached hydrogen (secondary N) is 1. The van der Waals surface area contributed by atoms with Crippen LogP contribution in [0.4, 0.5) is 0 Å². The van der Waals surface area contributed by atoms with Crippen molar-refractivity contribution in [3.05, 3.63) is 52.9 Å². The van der Waals surface area contributed by atoms with E-state index in [0.717, 1.165) is 43.6 Å². The number of amides is 1. The zero-order valence-electron chi connectivity index (χ0n) is 13.0. The van der Waals surface area contributed by atoms with E-state index in [9.17, 15) is 4.79 Å². The van der Waals surface area contributed by atoms with E-state index in [1.165, 1.54) is 11.1 Å². The van der Waals surface area contributed by atoms with Crippen molar-refractivity contribution in [2.24, 2.45) is 5.92 Å². The summed E-state index contributed by atoms with van der Waals surface area (Å²) in [5, 5.41) is 6.98. The first-order valence-corrected chi connectivity index (χ1v) is 8.05. The van der Waals surface area contributed by atoms with Gasteiger partial charge in [-0.2, -0.15) is 0 Å². The quantitative estimate of drug-likeness (QED) is 0.923. The maximum Gasteiger partial charge on any atom is 0.223 e. The third kappa shape index (κ3) is 3.38. The molecule has 4 heteroatoms. The van der Waals surface area contributed by atoms with E-state index in [1.807, 2.05) is 12.1 Å². The van der Waals surface area contributed by atoms with Gasteiger partial charge in [-0.15, -0.1) is 0 Å². The second-order valence-corrected chi connectivity index (χ2v) is 5.96. The Morgan fingerprint density at radius 3 is 3.00 bits per heavy atom. The zero-order chi connectivity index (χ0) is 15.4. The van der Waals surface area contributed by atoms with Crippen molar-refractivity contribution in [1.29, 1.82) is 0 Å². The number of aromatic nitrogens is 1. The van der Waals surface area contributed by atoms with Gasteiger partial charge < -0.3 is 9.84 Å². The highest BCUT2D eigenvalue weighted by Crippen LogP contribution is 2.25. The van der Waals surface area contributed by atoms with Crippen LogP contribution in [0, 0.1) is 5.92 Å². The monoisotopic (exact) mass is 298 g/mol. The van der Waals surface area contributed by atoms with Gasteiger partial charge in [0.2, 0.25) is 5.91 Å². The topological polar surface area (TPSA) is 55.1 Å². The third-order valence-electron chi connectivity index (χ3n) is 4.27. The Morgan fingerprint density at radius 1 is 1.36 bits per heavy atom. The van der Waals surface area contributed by atoms with Crippen LogP contribution in [-0.4, -0.2) is 11.1 Å². The summed E-state index contributed by atoms with van der Waals surface area (Å²) in [5.74, 6) is 0.906. The largest absolute Gasteiger partial charge is 0.359 e. The summed E-state index contributed by atoms with van der Waals surface area (Å²) < 4.78 is 5.25. The highest BCUT2D eigenvalue weighted by molar-refractivity contribution is 5.79. The Labute approximate surface area is 130 Å². The standard InChI is InChI=1S/C18H22N2O2/c1-2-5-16-11-17(22-20-16)12-19-18(21)15-9-8-13-6-3-4-7-14(13)10-15/h3-4,6-7,11,15H,2,5,8-10,12H2,1H3,(H,19,21). The Balaban J connectivity index is 1.54. The average Bonchev–Trinajstić information content (AvgIpc) is 3.00. The molecule has 116 valence electrons. The Bertz CT molecular complexity index is 648. The number of carbonyl (C=O) groups excluding carboxylic acids is 1. The fourth-order valence-corrected chi connectivity index (χ4v) is 3.05. The lowest BCUT2D eigenvalue weighted by Crippen LogP contribution is -2.33. The van der Waals surface area contributed by atoms with Gasteiger partial charge >= 0.3 is 0 Å². The zero-order valence-corrected chi connectivity index (χ0v) is 13.0. The lowest BCUT2D eigenvalue weighted by Gasteiger charge is -2.23. The second-order valence-electron chi connectivity index (χ2n) is 5.96. The Hall–Kier alpha value is -2.10. The number of hydrogen-bond donors (Lipinski definition) is 1. The van der Waals surface area contributed by atoms with E-state index in [-0.39, 0.29) is 11.8 Å². The molecule has 0 saturated heterocycles. The molecule has 0 fully saturated rings. The first kappa shape index (κ1) is 14.8. The summed E-state index contributed by atoms with van der Waals surface area (Å²) in [6, 6.07) is 10.3. The lowest BCUT2D eigenvalue weighted by molar-refractivity contribution is -0.125. The molecule has 1 amide bonds. The van der Waals surface area contributed by atoms with Crippen molar-refractivity contribution in [3.63, 3.8) is 0 Å². The molecule has 0 aliphatic heterocycles. The fraction of sp³-hybridized carbons (Fsp3) is 0.444. The Kier molecular flexibility index (Phi) is 4.56. The molecule has 2 aromatic rings. The van der Waals surface area contributed by atoms with Crippen LogP contribution in [0.5, 0.6) is 0 Å². The molecular weight excluding hydrogens is 276 g/mol. The molecule has 3 rings (SSSR count). The number of benzene rings is 1. The molecule has 4 nitrogen and oxygen atoms in total. The first-order chi connectivity index (χ1) is 10.8. The maximum absolute atomic E-state index is 12.3. The molecule has 1 aromatic heterocycles. The van der Waals surface area contributed by atoms with Gasteiger partial charge in [-0.25, -0.2) is 0 Å². The van der Waals surface area contributed by atoms with Crippen molar-refractivity contribution in [2.45, 2.75) is 45.6 Å². The lowest BCUT2D eigenvalue weighted by atomic mass is 9.83. The molecule has 1 heterocycles. The highest BCUT2D eigenvalue weighted by Gasteiger charge is 2.24. The minimum Gasteiger partial charge on any atom is -0.359 e. The van der Waals surface area contributed by atoms with Crippen LogP contribution in [0.2, 0.25) is 0 Å². The molecule has 22 heavy (non-hydrogen) atoms. The maximum atomic E-state index is 12.3. The van der Waals surface area contributed by atoms with Gasteiger partial charge in [-0.3, -0.25) is 4.79 Å². The predicted molar refractivity (Wildman–Crippen MR) is 84.3 cm³/mol. The van der Waals surface area contributed by atoms with E-state index in [1.54, 1.807) is 0 Å². The normalized spacial score (nSPS) is 17.0. The van der Waals surface area contributed by atoms with E-state index in [4.69, 9.17) is 4.52 Å². The molecule has 0 saturated carbocycles. The van der Waals surface area contributed by atoms with Gasteiger partial charge in [0.15, 0.2) is 5.76 Å². The number of rotatable bonds is 5. The van der Waals surface area contributed by atoms with Crippen LogP contribution in [0.3, 0.4) is 0 Å². The second kappa shape index (κ2) is 6.77. The third-order valence-corrected chi connectivity index (χ3v) is 4.27. The summed E-state index contributed by atoms with van der Waals surface area (Å²) in [6.07, 6.45) is 4.69. The molecule has 1 aliphatic rings. The van der Waals surface area contributed by atoms with E-state index in [0.29, 0.717) is 6.54 Å². The summed E-state index contributed by atoms with van der Waals surface area (Å²) >= 11 is 0. The van der Waals surface area contributed by atoms with Gasteiger partial charge in [-0.05, 0) is 36.8 Å². The summed E-state index contributed by atoms with van der Waals surface area (Å²) in [6.45, 7) is 2.53. The van der Waals surface area contributed by atoms with Crippen LogP contribution in [0.15, 0.2) is 34.9 Å². The van der Waals surface area contributed by atoms with Crippen LogP contribution >= 0.6 is 0 Å². The molecule has 0 radical (unpaired) electrons. The van der Waals surface area contributed by atoms with E-state index in [2.05, 4.69) is 35.6 Å². The number of aryl methyl sites for hydroxylation is 2. The average molecular weight is 298 g/mol. The van der Waals surface area contributed by atoms with Crippen molar-refractivity contribution in [2.75, 3.05) is 0 Å². The summed E-state index contributed by atoms with van der Waals surface area (Å²) in [4.78, 5) is 12.3. The molecule has 1 N–H and O–H groups in total. The van der Waals surface area contributed by atoms with Crippen LogP contribution in [0.25, 0.3) is 0 Å². The summed E-state index contributed by atoms with van der Waals surface area (Å²) in [7, 11) is 0. The molecule has 0 bridgehead atoms. The van der Waals surface area contributed by atoms with Gasteiger partial charge in [0.05, 0.1) is 12.2 Å². The molecule has 1 unspecified atom stereocenters. The first-order valence-electron chi connectivity index (χ1n) is 8.05. The Morgan fingerprint density at radius 2 is 2.18 bits per heavy atom. The van der Waals surface area contributed by atoms with E-state index < -0.39 is 0 Å². The smallest absolute Gasteiger partial charge is 0.223 e. The van der Waals surface area contributed by atoms with Crippen LogP contribution in [-0.2, 0) is 30.6 Å². The molecule has 1 aromatic carbocycles. The van der Waals surface area contributed by atoms with E-state index >= 15 is 0 Å². The number of hydrogen-bond acceptors (Lipinski definition) is 3. The highest BCUT2D eigenvalue weighted by atomic mass is 16.5. The summed E-state index contributed by atoms with van der Waals surface area (Å²) in [5.41, 5.74) is 3.64. The number of nitrogens with zero attached hydrogens (tertiary/aromatic N) is 1. The molecule has 1 atom stereocenters. The van der Waals surface area contributed by atoms with Gasteiger partial charge in [0.25, 0.3) is 0 Å². The molecule has 1 aliphatic carbocycles. The van der Waals surface area contributed by atoms with Gasteiger partial charge in [-0.1, -0.05) is 42.8 Å². The minimum absolute atomic E-state index is 0.0629. The van der Waals surface area contributed by atoms with Crippen LogP contribution < -0.4 is 5.32 Å². The van der Waals surface area contributed by atoms with Gasteiger partial charge in [0.1, 0.15) is 0 Å². The van der Waals surface area contributed by atoms with Gasteiger partial charge in [0, 0.05) is 12.0 Å².